The van der Waals surface area contributed by atoms with Crippen LogP contribution in [-0.2, 0) is 6.61 Å². The van der Waals surface area contributed by atoms with Gasteiger partial charge in [-0.1, -0.05) is 18.9 Å². The third kappa shape index (κ3) is 4.02. The molecule has 0 aliphatic heterocycles. The summed E-state index contributed by atoms with van der Waals surface area (Å²) >= 11 is 0. The van der Waals surface area contributed by atoms with Gasteiger partial charge in [0.05, 0.1) is 20.3 Å². The minimum absolute atomic E-state index is 0.218. The SMILES string of the molecule is COc1ncccc1C1CCCCC1COc1c[nH]c(=O)cc1CO. The maximum Gasteiger partial charge on any atom is 0.248 e. The molecule has 0 radical (unpaired) electrons. The minimum Gasteiger partial charge on any atom is -0.491 e. The van der Waals surface area contributed by atoms with Gasteiger partial charge < -0.3 is 19.6 Å². The molecule has 2 heterocycles. The van der Waals surface area contributed by atoms with Crippen molar-refractivity contribution in [2.24, 2.45) is 5.92 Å². The molecule has 0 bridgehead atoms. The van der Waals surface area contributed by atoms with E-state index < -0.39 is 0 Å². The zero-order chi connectivity index (χ0) is 17.6. The van der Waals surface area contributed by atoms with Crippen molar-refractivity contribution in [1.29, 1.82) is 0 Å². The number of nitrogens with one attached hydrogen (secondary N) is 1. The highest BCUT2D eigenvalue weighted by Gasteiger charge is 2.29. The van der Waals surface area contributed by atoms with Crippen LogP contribution in [0.2, 0.25) is 0 Å². The third-order valence-corrected chi connectivity index (χ3v) is 4.89. The van der Waals surface area contributed by atoms with E-state index in [0.717, 1.165) is 18.4 Å². The molecule has 2 N–H and O–H groups in total. The molecule has 2 aromatic heterocycles. The molecule has 0 amide bonds. The van der Waals surface area contributed by atoms with Crippen LogP contribution >= 0.6 is 0 Å². The van der Waals surface area contributed by atoms with Crippen LogP contribution in [0.25, 0.3) is 0 Å². The quantitative estimate of drug-likeness (QED) is 0.841. The lowest BCUT2D eigenvalue weighted by Gasteiger charge is -2.32. The van der Waals surface area contributed by atoms with E-state index in [1.165, 1.54) is 25.1 Å². The zero-order valence-electron chi connectivity index (χ0n) is 14.4. The first-order chi connectivity index (χ1) is 12.2. The van der Waals surface area contributed by atoms with Crippen LogP contribution in [0, 0.1) is 5.92 Å². The lowest BCUT2D eigenvalue weighted by atomic mass is 9.76. The van der Waals surface area contributed by atoms with E-state index in [9.17, 15) is 9.90 Å². The summed E-state index contributed by atoms with van der Waals surface area (Å²) in [5.41, 5.74) is 1.39. The highest BCUT2D eigenvalue weighted by molar-refractivity contribution is 5.31. The third-order valence-electron chi connectivity index (χ3n) is 4.89. The van der Waals surface area contributed by atoms with Crippen molar-refractivity contribution in [2.75, 3.05) is 13.7 Å². The maximum atomic E-state index is 11.4. The first-order valence-corrected chi connectivity index (χ1v) is 8.67. The molecule has 2 aromatic rings. The second-order valence-corrected chi connectivity index (χ2v) is 6.41. The van der Waals surface area contributed by atoms with E-state index in [2.05, 4.69) is 16.0 Å². The number of methoxy groups -OCH3 is 1. The van der Waals surface area contributed by atoms with Gasteiger partial charge in [0, 0.05) is 35.5 Å². The number of aromatic amines is 1. The molecule has 6 nitrogen and oxygen atoms in total. The van der Waals surface area contributed by atoms with Gasteiger partial charge in [-0.05, 0) is 24.8 Å². The number of aliphatic hydroxyl groups is 1. The van der Waals surface area contributed by atoms with Crippen molar-refractivity contribution >= 4 is 0 Å². The fraction of sp³-hybridized carbons (Fsp3) is 0.474. The summed E-state index contributed by atoms with van der Waals surface area (Å²) in [4.78, 5) is 18.3. The van der Waals surface area contributed by atoms with Crippen LogP contribution in [0.15, 0.2) is 35.4 Å². The Hall–Kier alpha value is -2.34. The van der Waals surface area contributed by atoms with E-state index in [1.54, 1.807) is 13.3 Å². The molecule has 1 aliphatic rings. The summed E-state index contributed by atoms with van der Waals surface area (Å²) in [6, 6.07) is 5.39. The molecule has 1 aliphatic carbocycles. The fourth-order valence-corrected chi connectivity index (χ4v) is 3.63. The Bertz CT molecular complexity index is 759. The number of pyridine rings is 2. The summed E-state index contributed by atoms with van der Waals surface area (Å²) in [5, 5.41) is 9.42. The molecule has 1 saturated carbocycles. The van der Waals surface area contributed by atoms with E-state index in [1.807, 2.05) is 6.07 Å². The second kappa shape index (κ2) is 8.16. The Morgan fingerprint density at radius 3 is 3.00 bits per heavy atom. The van der Waals surface area contributed by atoms with Crippen LogP contribution in [0.3, 0.4) is 0 Å². The summed E-state index contributed by atoms with van der Waals surface area (Å²) in [5.74, 6) is 1.88. The number of rotatable bonds is 6. The van der Waals surface area contributed by atoms with Crippen LogP contribution in [0.1, 0.15) is 42.7 Å². The lowest BCUT2D eigenvalue weighted by Crippen LogP contribution is -2.25. The number of hydrogen-bond acceptors (Lipinski definition) is 5. The number of H-pyrrole nitrogens is 1. The largest absolute Gasteiger partial charge is 0.491 e. The number of aromatic nitrogens is 2. The van der Waals surface area contributed by atoms with Crippen molar-refractivity contribution in [1.82, 2.24) is 9.97 Å². The van der Waals surface area contributed by atoms with Crippen molar-refractivity contribution in [2.45, 2.75) is 38.2 Å². The summed E-state index contributed by atoms with van der Waals surface area (Å²) in [7, 11) is 1.65. The van der Waals surface area contributed by atoms with Crippen LogP contribution in [0.4, 0.5) is 0 Å². The van der Waals surface area contributed by atoms with Crippen LogP contribution in [0.5, 0.6) is 11.6 Å². The highest BCUT2D eigenvalue weighted by Crippen LogP contribution is 2.41. The van der Waals surface area contributed by atoms with Gasteiger partial charge in [0.15, 0.2) is 0 Å². The van der Waals surface area contributed by atoms with E-state index in [-0.39, 0.29) is 12.2 Å². The van der Waals surface area contributed by atoms with Crippen LogP contribution in [-0.4, -0.2) is 28.8 Å². The number of aliphatic hydroxyl groups excluding tert-OH is 1. The fourth-order valence-electron chi connectivity index (χ4n) is 3.63. The summed E-state index contributed by atoms with van der Waals surface area (Å²) < 4.78 is 11.4. The maximum absolute atomic E-state index is 11.4. The Labute approximate surface area is 146 Å². The van der Waals surface area contributed by atoms with Crippen molar-refractivity contribution in [3.8, 4) is 11.6 Å². The molecule has 0 aromatic carbocycles. The van der Waals surface area contributed by atoms with Gasteiger partial charge in [-0.2, -0.15) is 0 Å². The summed E-state index contributed by atoms with van der Waals surface area (Å²) in [6.45, 7) is 0.311. The second-order valence-electron chi connectivity index (χ2n) is 6.41. The van der Waals surface area contributed by atoms with Gasteiger partial charge in [0.2, 0.25) is 11.4 Å². The highest BCUT2D eigenvalue weighted by atomic mass is 16.5. The standard InChI is InChI=1S/C19H24N2O4/c1-24-19-16(7-4-8-20-19)15-6-3-2-5-13(15)12-25-17-10-21-18(23)9-14(17)11-22/h4,7-10,13,15,22H,2-3,5-6,11-12H2,1H3,(H,21,23). The lowest BCUT2D eigenvalue weighted by molar-refractivity contribution is 0.178. The van der Waals surface area contributed by atoms with Crippen molar-refractivity contribution in [3.05, 3.63) is 52.1 Å². The molecular formula is C19H24N2O4. The Morgan fingerprint density at radius 1 is 1.36 bits per heavy atom. The van der Waals surface area contributed by atoms with Gasteiger partial charge in [-0.25, -0.2) is 4.98 Å². The predicted molar refractivity (Wildman–Crippen MR) is 94.0 cm³/mol. The van der Waals surface area contributed by atoms with E-state index >= 15 is 0 Å². The molecule has 0 saturated heterocycles. The van der Waals surface area contributed by atoms with Crippen molar-refractivity contribution in [3.63, 3.8) is 0 Å². The van der Waals surface area contributed by atoms with Gasteiger partial charge in [0.1, 0.15) is 5.75 Å². The number of ether oxygens (including phenoxy) is 2. The van der Waals surface area contributed by atoms with Gasteiger partial charge in [0.25, 0.3) is 0 Å². The normalized spacial score (nSPS) is 20.2. The van der Waals surface area contributed by atoms with E-state index in [0.29, 0.717) is 35.6 Å². The zero-order valence-corrected chi connectivity index (χ0v) is 14.4. The molecule has 3 rings (SSSR count). The van der Waals surface area contributed by atoms with Gasteiger partial charge in [-0.3, -0.25) is 4.79 Å². The molecule has 134 valence electrons. The minimum atomic E-state index is -0.243. The van der Waals surface area contributed by atoms with E-state index in [4.69, 9.17) is 9.47 Å². The first-order valence-electron chi connectivity index (χ1n) is 8.67. The molecule has 0 spiro atoms. The molecular weight excluding hydrogens is 320 g/mol. The van der Waals surface area contributed by atoms with Crippen LogP contribution < -0.4 is 15.0 Å². The Kier molecular flexibility index (Phi) is 5.71. The molecule has 6 heteroatoms. The molecule has 25 heavy (non-hydrogen) atoms. The molecule has 2 atom stereocenters. The number of nitrogens with zero attached hydrogens (tertiary/aromatic N) is 1. The predicted octanol–water partition coefficient (Wildman–Crippen LogP) is 2.62. The Balaban J connectivity index is 1.77. The van der Waals surface area contributed by atoms with Crippen molar-refractivity contribution < 1.29 is 14.6 Å². The average molecular weight is 344 g/mol. The molecule has 1 fully saturated rings. The first kappa shape index (κ1) is 17.5. The molecule has 2 unspecified atom stereocenters. The Morgan fingerprint density at radius 2 is 2.20 bits per heavy atom. The van der Waals surface area contributed by atoms with Gasteiger partial charge >= 0.3 is 0 Å². The number of hydrogen-bond donors (Lipinski definition) is 2. The average Bonchev–Trinajstić information content (AvgIpc) is 2.67. The van der Waals surface area contributed by atoms with Gasteiger partial charge in [-0.15, -0.1) is 0 Å². The summed E-state index contributed by atoms with van der Waals surface area (Å²) in [6.07, 6.45) is 7.77. The monoisotopic (exact) mass is 344 g/mol. The smallest absolute Gasteiger partial charge is 0.248 e. The topological polar surface area (TPSA) is 84.4 Å².